The first kappa shape index (κ1) is 29.6. The number of rotatable bonds is 12. The summed E-state index contributed by atoms with van der Waals surface area (Å²) in [6, 6.07) is 8.82. The molecule has 2 N–H and O–H groups in total. The molecule has 0 bridgehead atoms. The van der Waals surface area contributed by atoms with Crippen molar-refractivity contribution in [2.45, 2.75) is 96.3 Å². The first-order valence-electron chi connectivity index (χ1n) is 14.0. The number of hydrogen-bond acceptors (Lipinski definition) is 4. The van der Waals surface area contributed by atoms with Crippen molar-refractivity contribution < 1.29 is 19.7 Å². The summed E-state index contributed by atoms with van der Waals surface area (Å²) in [6.07, 6.45) is 18.6. The lowest BCUT2D eigenvalue weighted by molar-refractivity contribution is -0.105. The lowest BCUT2D eigenvalue weighted by Gasteiger charge is -2.38. The molecule has 0 heterocycles. The van der Waals surface area contributed by atoms with E-state index in [1.165, 1.54) is 82.6 Å². The highest BCUT2D eigenvalue weighted by Crippen LogP contribution is 2.44. The highest BCUT2D eigenvalue weighted by atomic mass is 16.5. The molecule has 4 nitrogen and oxygen atoms in total. The first-order valence-corrected chi connectivity index (χ1v) is 14.0. The smallest absolute Gasteiger partial charge is 0.145 e. The number of benzene rings is 1. The Morgan fingerprint density at radius 3 is 2.03 bits per heavy atom. The third-order valence-electron chi connectivity index (χ3n) is 8.37. The van der Waals surface area contributed by atoms with Crippen LogP contribution in [0, 0.1) is 23.7 Å². The number of carbonyl (C=O) groups excluding carboxylic acids is 1. The van der Waals surface area contributed by atoms with Crippen molar-refractivity contribution in [2.75, 3.05) is 20.3 Å². The summed E-state index contributed by atoms with van der Waals surface area (Å²) in [6.45, 7) is 5.52. The van der Waals surface area contributed by atoms with Crippen LogP contribution in [-0.4, -0.2) is 36.8 Å². The number of aldehydes is 1. The Morgan fingerprint density at radius 1 is 0.971 bits per heavy atom. The van der Waals surface area contributed by atoms with Crippen molar-refractivity contribution in [1.82, 2.24) is 0 Å². The van der Waals surface area contributed by atoms with Gasteiger partial charge in [-0.15, -0.1) is 0 Å². The van der Waals surface area contributed by atoms with Gasteiger partial charge in [-0.25, -0.2) is 0 Å². The Labute approximate surface area is 214 Å². The summed E-state index contributed by atoms with van der Waals surface area (Å²) in [5.41, 5.74) is 1.94. The molecule has 2 fully saturated rings. The summed E-state index contributed by atoms with van der Waals surface area (Å²) < 4.78 is 5.29. The van der Waals surface area contributed by atoms with E-state index in [-0.39, 0.29) is 19.1 Å². The molecule has 4 heteroatoms. The SMILES string of the molecule is C=C(C=O)CC(CO)CO.CCCCCC1CCC(C2CCC(c3ccc(OC)cc3)CC2)CC1. The predicted molar refractivity (Wildman–Crippen MR) is 145 cm³/mol. The lowest BCUT2D eigenvalue weighted by Crippen LogP contribution is -2.25. The Kier molecular flexibility index (Phi) is 14.3. The van der Waals surface area contributed by atoms with Gasteiger partial charge in [-0.1, -0.05) is 64.2 Å². The monoisotopic (exact) mass is 486 g/mol. The normalized spacial score (nSPS) is 24.4. The third kappa shape index (κ3) is 10.5. The Hall–Kier alpha value is -1.65. The molecular weight excluding hydrogens is 436 g/mol. The third-order valence-corrected chi connectivity index (χ3v) is 8.37. The molecule has 0 aromatic heterocycles. The summed E-state index contributed by atoms with van der Waals surface area (Å²) in [7, 11) is 1.75. The number of hydrogen-bond donors (Lipinski definition) is 2. The zero-order chi connectivity index (χ0) is 25.5. The van der Waals surface area contributed by atoms with Crippen molar-refractivity contribution in [3.8, 4) is 5.75 Å². The molecule has 0 saturated heterocycles. The lowest BCUT2D eigenvalue weighted by atomic mass is 9.68. The molecule has 3 rings (SSSR count). The summed E-state index contributed by atoms with van der Waals surface area (Å²) in [5, 5.41) is 17.1. The molecule has 0 radical (unpaired) electrons. The number of aliphatic hydroxyl groups excluding tert-OH is 2. The Morgan fingerprint density at radius 2 is 1.54 bits per heavy atom. The van der Waals surface area contributed by atoms with Gasteiger partial charge in [0.15, 0.2) is 0 Å². The molecule has 2 aliphatic carbocycles. The molecule has 2 saturated carbocycles. The molecule has 2 aliphatic rings. The van der Waals surface area contributed by atoms with Crippen LogP contribution in [0.4, 0.5) is 0 Å². The number of ether oxygens (including phenoxy) is 1. The van der Waals surface area contributed by atoms with E-state index in [0.29, 0.717) is 18.3 Å². The van der Waals surface area contributed by atoms with E-state index in [9.17, 15) is 4.79 Å². The van der Waals surface area contributed by atoms with Gasteiger partial charge in [-0.05, 0) is 91.9 Å². The van der Waals surface area contributed by atoms with E-state index in [4.69, 9.17) is 14.9 Å². The standard InChI is InChI=1S/C24H38O.C7H12O3/c1-3-4-5-6-19-7-9-20(10-8-19)21-11-13-22(14-12-21)23-15-17-24(25-2)18-16-23;1-6(3-8)2-7(4-9)5-10/h15-22H,3-14H2,1-2H3;3,7,9-10H,1-2,4-5H2. The van der Waals surface area contributed by atoms with Gasteiger partial charge in [0.05, 0.1) is 7.11 Å². The molecule has 1 aromatic carbocycles. The summed E-state index contributed by atoms with van der Waals surface area (Å²) in [5.74, 6) is 4.64. The number of methoxy groups -OCH3 is 1. The largest absolute Gasteiger partial charge is 0.497 e. The first-order chi connectivity index (χ1) is 17.0. The van der Waals surface area contributed by atoms with Crippen LogP contribution in [0.5, 0.6) is 5.75 Å². The number of allylic oxidation sites excluding steroid dienone is 1. The molecule has 1 aromatic rings. The fourth-order valence-corrected chi connectivity index (χ4v) is 6.04. The minimum Gasteiger partial charge on any atom is -0.497 e. The van der Waals surface area contributed by atoms with Gasteiger partial charge in [-0.3, -0.25) is 4.79 Å². The predicted octanol–water partition coefficient (Wildman–Crippen LogP) is 7.09. The maximum Gasteiger partial charge on any atom is 0.145 e. The number of carbonyl (C=O) groups is 1. The van der Waals surface area contributed by atoms with Crippen LogP contribution in [-0.2, 0) is 4.79 Å². The van der Waals surface area contributed by atoms with Gasteiger partial charge in [-0.2, -0.15) is 0 Å². The molecule has 0 spiro atoms. The fourth-order valence-electron chi connectivity index (χ4n) is 6.04. The van der Waals surface area contributed by atoms with E-state index in [1.807, 2.05) is 0 Å². The average molecular weight is 487 g/mol. The van der Waals surface area contributed by atoms with E-state index < -0.39 is 0 Å². The number of unbranched alkanes of at least 4 members (excludes halogenated alkanes) is 2. The minimum absolute atomic E-state index is 0.108. The van der Waals surface area contributed by atoms with Crippen molar-refractivity contribution in [1.29, 1.82) is 0 Å². The second kappa shape index (κ2) is 16.9. The molecule has 198 valence electrons. The second-order valence-corrected chi connectivity index (χ2v) is 10.9. The molecule has 0 unspecified atom stereocenters. The van der Waals surface area contributed by atoms with Crippen LogP contribution in [0.1, 0.15) is 102 Å². The molecular formula is C31H50O4. The van der Waals surface area contributed by atoms with Gasteiger partial charge in [0.1, 0.15) is 12.0 Å². The zero-order valence-electron chi connectivity index (χ0n) is 22.3. The van der Waals surface area contributed by atoms with Crippen molar-refractivity contribution in [3.05, 3.63) is 42.0 Å². The van der Waals surface area contributed by atoms with Gasteiger partial charge >= 0.3 is 0 Å². The molecule has 35 heavy (non-hydrogen) atoms. The maximum atomic E-state index is 10.0. The van der Waals surface area contributed by atoms with Crippen molar-refractivity contribution in [2.24, 2.45) is 23.7 Å². The maximum absolute atomic E-state index is 10.0. The van der Waals surface area contributed by atoms with Crippen molar-refractivity contribution in [3.63, 3.8) is 0 Å². The fraction of sp³-hybridized carbons (Fsp3) is 0.710. The van der Waals surface area contributed by atoms with Gasteiger partial charge in [0.25, 0.3) is 0 Å². The van der Waals surface area contributed by atoms with E-state index in [2.05, 4.69) is 37.8 Å². The highest BCUT2D eigenvalue weighted by molar-refractivity contribution is 5.71. The van der Waals surface area contributed by atoms with E-state index in [0.717, 1.165) is 29.4 Å². The molecule has 0 amide bonds. The topological polar surface area (TPSA) is 66.8 Å². The molecule has 0 aliphatic heterocycles. The summed E-state index contributed by atoms with van der Waals surface area (Å²) >= 11 is 0. The van der Waals surface area contributed by atoms with Gasteiger partial charge < -0.3 is 14.9 Å². The average Bonchev–Trinajstić information content (AvgIpc) is 2.92. The van der Waals surface area contributed by atoms with Gasteiger partial charge in [0, 0.05) is 19.1 Å². The quantitative estimate of drug-likeness (QED) is 0.188. The van der Waals surface area contributed by atoms with Crippen molar-refractivity contribution >= 4 is 6.29 Å². The van der Waals surface area contributed by atoms with Crippen LogP contribution in [0.15, 0.2) is 36.4 Å². The Balaban J connectivity index is 0.000000367. The van der Waals surface area contributed by atoms with E-state index >= 15 is 0 Å². The van der Waals surface area contributed by atoms with Crippen LogP contribution in [0.25, 0.3) is 0 Å². The van der Waals surface area contributed by atoms with Gasteiger partial charge in [0.2, 0.25) is 0 Å². The van der Waals surface area contributed by atoms with Crippen LogP contribution >= 0.6 is 0 Å². The zero-order valence-corrected chi connectivity index (χ0v) is 22.3. The van der Waals surface area contributed by atoms with Crippen LogP contribution < -0.4 is 4.74 Å². The second-order valence-electron chi connectivity index (χ2n) is 10.9. The van der Waals surface area contributed by atoms with Crippen LogP contribution in [0.2, 0.25) is 0 Å². The molecule has 0 atom stereocenters. The Bertz CT molecular complexity index is 693. The van der Waals surface area contributed by atoms with E-state index in [1.54, 1.807) is 7.11 Å². The highest BCUT2D eigenvalue weighted by Gasteiger charge is 2.31. The summed E-state index contributed by atoms with van der Waals surface area (Å²) in [4.78, 5) is 10.0. The number of aliphatic hydroxyl groups is 2. The minimum atomic E-state index is -0.238. The van der Waals surface area contributed by atoms with Crippen LogP contribution in [0.3, 0.4) is 0 Å².